The quantitative estimate of drug-likeness (QED) is 0.522. The molecule has 190 valence electrons. The van der Waals surface area contributed by atoms with Crippen LogP contribution in [0.1, 0.15) is 43.7 Å². The average molecular weight is 511 g/mol. The second kappa shape index (κ2) is 10.6. The van der Waals surface area contributed by atoms with Gasteiger partial charge in [-0.15, -0.1) is 11.3 Å². The van der Waals surface area contributed by atoms with Crippen LogP contribution in [-0.4, -0.2) is 53.5 Å². The number of nitrogens with two attached hydrogens (primary N) is 1. The van der Waals surface area contributed by atoms with Crippen LogP contribution in [-0.2, 0) is 14.3 Å². The first-order chi connectivity index (χ1) is 17.4. The van der Waals surface area contributed by atoms with Crippen LogP contribution in [0.5, 0.6) is 0 Å². The third-order valence-electron chi connectivity index (χ3n) is 7.20. The van der Waals surface area contributed by atoms with Gasteiger partial charge in [0.25, 0.3) is 0 Å². The Morgan fingerprint density at radius 3 is 2.67 bits per heavy atom. The number of carbonyl (C=O) groups excluding carboxylic acids is 2. The molecule has 7 nitrogen and oxygen atoms in total. The summed E-state index contributed by atoms with van der Waals surface area (Å²) in [5.41, 5.74) is 7.44. The Morgan fingerprint density at radius 2 is 1.92 bits per heavy atom. The highest BCUT2D eigenvalue weighted by Gasteiger charge is 2.40. The van der Waals surface area contributed by atoms with E-state index in [-0.39, 0.29) is 29.6 Å². The monoisotopic (exact) mass is 510 g/mol. The molecule has 3 heterocycles. The van der Waals surface area contributed by atoms with Crippen molar-refractivity contribution < 1.29 is 18.7 Å². The molecule has 3 N–H and O–H groups in total. The number of likely N-dealkylation sites (tertiary alicyclic amines) is 1. The molecule has 3 aromatic rings. The minimum Gasteiger partial charge on any atom is -0.381 e. The highest BCUT2D eigenvalue weighted by molar-refractivity contribution is 7.10. The lowest BCUT2D eigenvalue weighted by Gasteiger charge is -2.34. The first-order valence-electron chi connectivity index (χ1n) is 12.5. The van der Waals surface area contributed by atoms with Crippen molar-refractivity contribution in [3.05, 3.63) is 52.6 Å². The van der Waals surface area contributed by atoms with Gasteiger partial charge in [0.05, 0.1) is 17.8 Å². The van der Waals surface area contributed by atoms with Crippen LogP contribution in [0.15, 0.2) is 41.8 Å². The van der Waals surface area contributed by atoms with Crippen LogP contribution in [0.3, 0.4) is 0 Å². The second-order valence-electron chi connectivity index (χ2n) is 9.63. The Bertz CT molecular complexity index is 1260. The molecule has 9 heteroatoms. The second-order valence-corrected chi connectivity index (χ2v) is 10.5. The van der Waals surface area contributed by atoms with Crippen LogP contribution >= 0.6 is 11.3 Å². The van der Waals surface area contributed by atoms with Crippen LogP contribution in [0.4, 0.5) is 4.39 Å². The van der Waals surface area contributed by atoms with Crippen molar-refractivity contribution in [2.75, 3.05) is 19.8 Å². The number of amides is 2. The van der Waals surface area contributed by atoms with E-state index in [0.717, 1.165) is 34.5 Å². The van der Waals surface area contributed by atoms with E-state index in [9.17, 15) is 14.0 Å². The van der Waals surface area contributed by atoms with Gasteiger partial charge >= 0.3 is 0 Å². The van der Waals surface area contributed by atoms with Gasteiger partial charge in [0.1, 0.15) is 16.9 Å². The molecule has 2 fully saturated rings. The minimum absolute atomic E-state index is 0.00707. The van der Waals surface area contributed by atoms with Crippen LogP contribution in [0, 0.1) is 11.7 Å². The van der Waals surface area contributed by atoms with Crippen molar-refractivity contribution in [1.29, 1.82) is 0 Å². The molecule has 0 spiro atoms. The lowest BCUT2D eigenvalue weighted by molar-refractivity contribution is -0.140. The first kappa shape index (κ1) is 24.8. The van der Waals surface area contributed by atoms with Crippen LogP contribution in [0.2, 0.25) is 0 Å². The summed E-state index contributed by atoms with van der Waals surface area (Å²) in [5, 5.41) is 7.13. The summed E-state index contributed by atoms with van der Waals surface area (Å²) < 4.78 is 19.8. The van der Waals surface area contributed by atoms with Gasteiger partial charge in [-0.25, -0.2) is 9.37 Å². The Morgan fingerprint density at radius 1 is 1.17 bits per heavy atom. The van der Waals surface area contributed by atoms with Gasteiger partial charge in [-0.3, -0.25) is 9.59 Å². The van der Waals surface area contributed by atoms with Gasteiger partial charge in [0.2, 0.25) is 11.8 Å². The Labute approximate surface area is 213 Å². The number of benzene rings is 2. The van der Waals surface area contributed by atoms with Gasteiger partial charge in [0.15, 0.2) is 0 Å². The molecular formula is C27H31FN4O3S. The molecule has 0 radical (unpaired) electrons. The lowest BCUT2D eigenvalue weighted by atomic mass is 9.90. The van der Waals surface area contributed by atoms with E-state index in [0.29, 0.717) is 38.0 Å². The maximum absolute atomic E-state index is 14.3. The maximum atomic E-state index is 14.3. The molecular weight excluding hydrogens is 479 g/mol. The number of nitrogens with one attached hydrogen (secondary N) is 1. The van der Waals surface area contributed by atoms with Gasteiger partial charge < -0.3 is 20.7 Å². The molecule has 2 saturated heterocycles. The Hall–Kier alpha value is -2.88. The minimum atomic E-state index is -0.693. The van der Waals surface area contributed by atoms with Gasteiger partial charge in [-0.05, 0) is 56.0 Å². The number of thiazole rings is 1. The number of aromatic nitrogens is 1. The lowest BCUT2D eigenvalue weighted by Crippen LogP contribution is -2.55. The molecule has 36 heavy (non-hydrogen) atoms. The molecule has 2 aromatic carbocycles. The standard InChI is InChI=1S/C27H31FN4O3S/c1-16(29)25(33)31-24(17-10-13-35-14-11-17)27(34)32-12-4-7-23(32)26-30-22(15-36-26)20-8-9-21(28)19-6-3-2-5-18(19)20/h2-3,5-6,8-9,15-17,23-24H,4,7,10-14,29H2,1H3,(H,31,33)/t16-,23-,24-/m0/s1. The topological polar surface area (TPSA) is 97.5 Å². The maximum Gasteiger partial charge on any atom is 0.246 e. The Balaban J connectivity index is 1.41. The van der Waals surface area contributed by atoms with Crippen molar-refractivity contribution in [3.8, 4) is 11.3 Å². The fourth-order valence-corrected chi connectivity index (χ4v) is 6.20. The number of carbonyl (C=O) groups is 2. The number of hydrogen-bond acceptors (Lipinski definition) is 6. The van der Waals surface area contributed by atoms with Gasteiger partial charge in [-0.1, -0.05) is 24.3 Å². The zero-order chi connectivity index (χ0) is 25.2. The van der Waals surface area contributed by atoms with Crippen LogP contribution in [0.25, 0.3) is 22.0 Å². The number of nitrogens with zero attached hydrogens (tertiary/aromatic N) is 2. The molecule has 0 saturated carbocycles. The molecule has 0 aliphatic carbocycles. The summed E-state index contributed by atoms with van der Waals surface area (Å²) in [5.74, 6) is -0.657. The summed E-state index contributed by atoms with van der Waals surface area (Å²) in [6.45, 7) is 3.39. The SMILES string of the molecule is C[C@H](N)C(=O)N[C@H](C(=O)N1CCC[C@H]1c1nc(-c2ccc(F)c3ccccc23)cs1)C1CCOCC1. The number of fused-ring (bicyclic) bond motifs is 1. The fourth-order valence-electron chi connectivity index (χ4n) is 5.23. The highest BCUT2D eigenvalue weighted by atomic mass is 32.1. The third-order valence-corrected chi connectivity index (χ3v) is 8.15. The average Bonchev–Trinajstić information content (AvgIpc) is 3.57. The molecule has 2 aliphatic heterocycles. The summed E-state index contributed by atoms with van der Waals surface area (Å²) in [6.07, 6.45) is 3.11. The molecule has 1 aromatic heterocycles. The molecule has 2 aliphatic rings. The zero-order valence-corrected chi connectivity index (χ0v) is 21.1. The van der Waals surface area contributed by atoms with Crippen LogP contribution < -0.4 is 11.1 Å². The smallest absolute Gasteiger partial charge is 0.246 e. The number of hydrogen-bond donors (Lipinski definition) is 2. The van der Waals surface area contributed by atoms with Crippen molar-refractivity contribution in [1.82, 2.24) is 15.2 Å². The summed E-state index contributed by atoms with van der Waals surface area (Å²) in [4.78, 5) is 33.1. The molecule has 3 atom stereocenters. The fraction of sp³-hybridized carbons (Fsp3) is 0.444. The predicted molar refractivity (Wildman–Crippen MR) is 138 cm³/mol. The van der Waals surface area contributed by atoms with Crippen molar-refractivity contribution in [2.24, 2.45) is 11.7 Å². The van der Waals surface area contributed by atoms with Gasteiger partial charge in [-0.2, -0.15) is 0 Å². The summed E-state index contributed by atoms with van der Waals surface area (Å²) in [7, 11) is 0. The largest absolute Gasteiger partial charge is 0.381 e. The van der Waals surface area contributed by atoms with E-state index in [4.69, 9.17) is 15.5 Å². The first-order valence-corrected chi connectivity index (χ1v) is 13.4. The van der Waals surface area contributed by atoms with E-state index < -0.39 is 12.1 Å². The molecule has 5 rings (SSSR count). The zero-order valence-electron chi connectivity index (χ0n) is 20.3. The molecule has 0 bridgehead atoms. The van der Waals surface area contributed by atoms with E-state index in [1.54, 1.807) is 19.1 Å². The molecule has 0 unspecified atom stereocenters. The van der Waals surface area contributed by atoms with Crippen molar-refractivity contribution >= 4 is 33.9 Å². The van der Waals surface area contributed by atoms with E-state index in [1.165, 1.54) is 17.4 Å². The summed E-state index contributed by atoms with van der Waals surface area (Å²) >= 11 is 1.52. The predicted octanol–water partition coefficient (Wildman–Crippen LogP) is 4.02. The van der Waals surface area contributed by atoms with E-state index in [2.05, 4.69) is 5.32 Å². The van der Waals surface area contributed by atoms with E-state index in [1.807, 2.05) is 28.5 Å². The van der Waals surface area contributed by atoms with E-state index >= 15 is 0 Å². The van der Waals surface area contributed by atoms with Crippen molar-refractivity contribution in [2.45, 2.75) is 50.7 Å². The normalized spacial score (nSPS) is 20.4. The highest BCUT2D eigenvalue weighted by Crippen LogP contribution is 2.38. The Kier molecular flexibility index (Phi) is 7.32. The number of ether oxygens (including phenoxy) is 1. The summed E-state index contributed by atoms with van der Waals surface area (Å²) in [6, 6.07) is 9.14. The molecule has 2 amide bonds. The van der Waals surface area contributed by atoms with Crippen molar-refractivity contribution in [3.63, 3.8) is 0 Å². The third kappa shape index (κ3) is 4.87. The number of rotatable bonds is 6. The number of halogens is 1. The van der Waals surface area contributed by atoms with Gasteiger partial charge in [0, 0.05) is 36.1 Å².